The van der Waals surface area contributed by atoms with Gasteiger partial charge in [0, 0.05) is 32.2 Å². The van der Waals surface area contributed by atoms with Crippen LogP contribution in [0.15, 0.2) is 0 Å². The summed E-state index contributed by atoms with van der Waals surface area (Å²) >= 11 is 0. The second-order valence-electron chi connectivity index (χ2n) is 6.02. The number of aliphatic hydroxyl groups excluding tert-OH is 1. The van der Waals surface area contributed by atoms with Gasteiger partial charge in [0.05, 0.1) is 19.3 Å². The van der Waals surface area contributed by atoms with Crippen molar-refractivity contribution in [3.63, 3.8) is 0 Å². The molecule has 0 spiro atoms. The number of hydrogen-bond donors (Lipinski definition) is 2. The molecule has 4 heteroatoms. The number of nitrogens with one attached hydrogen (secondary N) is 1. The van der Waals surface area contributed by atoms with Crippen molar-refractivity contribution < 1.29 is 9.84 Å². The quantitative estimate of drug-likeness (QED) is 0.792. The Morgan fingerprint density at radius 1 is 1.05 bits per heavy atom. The van der Waals surface area contributed by atoms with Gasteiger partial charge in [-0.15, -0.1) is 0 Å². The third kappa shape index (κ3) is 6.21. The SMILES string of the molecule is OC(CNC1CCCCCCC1)CN1CCOCC1. The monoisotopic (exact) mass is 270 g/mol. The second kappa shape index (κ2) is 8.90. The Kier molecular flexibility index (Phi) is 7.14. The molecule has 2 aliphatic rings. The van der Waals surface area contributed by atoms with Crippen molar-refractivity contribution in [3.05, 3.63) is 0 Å². The molecule has 0 aromatic rings. The van der Waals surface area contributed by atoms with E-state index in [0.717, 1.165) is 39.4 Å². The number of aliphatic hydroxyl groups is 1. The van der Waals surface area contributed by atoms with E-state index in [1.807, 2.05) is 0 Å². The second-order valence-corrected chi connectivity index (χ2v) is 6.02. The standard InChI is InChI=1S/C15H30N2O2/c18-15(13-17-8-10-19-11-9-17)12-16-14-6-4-2-1-3-5-7-14/h14-16,18H,1-13H2. The van der Waals surface area contributed by atoms with Gasteiger partial charge in [0.2, 0.25) is 0 Å². The Hall–Kier alpha value is -0.160. The summed E-state index contributed by atoms with van der Waals surface area (Å²) in [5.74, 6) is 0. The Morgan fingerprint density at radius 2 is 1.68 bits per heavy atom. The summed E-state index contributed by atoms with van der Waals surface area (Å²) in [5.41, 5.74) is 0. The lowest BCUT2D eigenvalue weighted by molar-refractivity contribution is 0.0143. The van der Waals surface area contributed by atoms with Crippen LogP contribution in [0.5, 0.6) is 0 Å². The van der Waals surface area contributed by atoms with Crippen molar-refractivity contribution >= 4 is 0 Å². The highest BCUT2D eigenvalue weighted by atomic mass is 16.5. The van der Waals surface area contributed by atoms with Gasteiger partial charge >= 0.3 is 0 Å². The molecule has 1 atom stereocenters. The van der Waals surface area contributed by atoms with Crippen LogP contribution < -0.4 is 5.32 Å². The third-order valence-corrected chi connectivity index (χ3v) is 4.32. The Balaban J connectivity index is 1.59. The highest BCUT2D eigenvalue weighted by Gasteiger charge is 2.16. The molecule has 0 amide bonds. The number of rotatable bonds is 5. The van der Waals surface area contributed by atoms with Gasteiger partial charge in [-0.1, -0.05) is 32.1 Å². The molecule has 1 aliphatic heterocycles. The minimum Gasteiger partial charge on any atom is -0.390 e. The van der Waals surface area contributed by atoms with Crippen LogP contribution in [0.1, 0.15) is 44.9 Å². The van der Waals surface area contributed by atoms with Gasteiger partial charge in [0.1, 0.15) is 0 Å². The van der Waals surface area contributed by atoms with Gasteiger partial charge in [0.15, 0.2) is 0 Å². The van der Waals surface area contributed by atoms with E-state index in [1.165, 1.54) is 44.9 Å². The van der Waals surface area contributed by atoms with Crippen LogP contribution in [0, 0.1) is 0 Å². The van der Waals surface area contributed by atoms with Gasteiger partial charge in [-0.05, 0) is 12.8 Å². The predicted molar refractivity (Wildman–Crippen MR) is 77.4 cm³/mol. The fourth-order valence-corrected chi connectivity index (χ4v) is 3.11. The van der Waals surface area contributed by atoms with E-state index in [0.29, 0.717) is 6.04 Å². The first-order valence-electron chi connectivity index (χ1n) is 8.06. The van der Waals surface area contributed by atoms with Gasteiger partial charge in [-0.2, -0.15) is 0 Å². The highest BCUT2D eigenvalue weighted by Crippen LogP contribution is 2.17. The molecule has 2 N–H and O–H groups in total. The molecule has 1 saturated carbocycles. The maximum absolute atomic E-state index is 10.1. The number of β-amino-alcohol motifs (C(OH)–C–C–N with tert-alkyl or cyclic N) is 1. The van der Waals surface area contributed by atoms with E-state index in [9.17, 15) is 5.11 Å². The smallest absolute Gasteiger partial charge is 0.0791 e. The first-order chi connectivity index (χ1) is 9.34. The molecule has 0 bridgehead atoms. The molecule has 0 aromatic carbocycles. The number of hydrogen-bond acceptors (Lipinski definition) is 4. The minimum atomic E-state index is -0.247. The van der Waals surface area contributed by atoms with Gasteiger partial charge < -0.3 is 15.2 Å². The fraction of sp³-hybridized carbons (Fsp3) is 1.00. The van der Waals surface area contributed by atoms with E-state index in [1.54, 1.807) is 0 Å². The molecule has 0 radical (unpaired) electrons. The molecule has 19 heavy (non-hydrogen) atoms. The highest BCUT2D eigenvalue weighted by molar-refractivity contribution is 4.74. The summed E-state index contributed by atoms with van der Waals surface area (Å²) in [5, 5.41) is 13.7. The van der Waals surface area contributed by atoms with Crippen LogP contribution in [0.4, 0.5) is 0 Å². The summed E-state index contributed by atoms with van der Waals surface area (Å²) in [7, 11) is 0. The third-order valence-electron chi connectivity index (χ3n) is 4.32. The van der Waals surface area contributed by atoms with Crippen molar-refractivity contribution in [1.29, 1.82) is 0 Å². The first kappa shape index (κ1) is 15.2. The van der Waals surface area contributed by atoms with E-state index in [-0.39, 0.29) is 6.10 Å². The van der Waals surface area contributed by atoms with Crippen LogP contribution >= 0.6 is 0 Å². The van der Waals surface area contributed by atoms with E-state index in [2.05, 4.69) is 10.2 Å². The van der Waals surface area contributed by atoms with Gasteiger partial charge in [-0.25, -0.2) is 0 Å². The topological polar surface area (TPSA) is 44.7 Å². The maximum atomic E-state index is 10.1. The molecule has 2 fully saturated rings. The summed E-state index contributed by atoms with van der Waals surface area (Å²) in [6.45, 7) is 5.05. The van der Waals surface area contributed by atoms with E-state index in [4.69, 9.17) is 4.74 Å². The Labute approximate surface area is 117 Å². The zero-order chi connectivity index (χ0) is 13.3. The number of ether oxygens (including phenoxy) is 1. The van der Waals surface area contributed by atoms with E-state index >= 15 is 0 Å². The lowest BCUT2D eigenvalue weighted by Gasteiger charge is -2.29. The molecule has 4 nitrogen and oxygen atoms in total. The van der Waals surface area contributed by atoms with Crippen molar-refractivity contribution in [2.45, 2.75) is 57.1 Å². The molecule has 2 rings (SSSR count). The van der Waals surface area contributed by atoms with Crippen molar-refractivity contribution in [2.75, 3.05) is 39.4 Å². The Bertz CT molecular complexity index is 224. The molecule has 112 valence electrons. The molecule has 0 aromatic heterocycles. The summed E-state index contributed by atoms with van der Waals surface area (Å²) < 4.78 is 5.32. The average Bonchev–Trinajstić information content (AvgIpc) is 2.38. The number of morpholine rings is 1. The normalized spacial score (nSPS) is 25.7. The zero-order valence-electron chi connectivity index (χ0n) is 12.1. The van der Waals surface area contributed by atoms with Crippen LogP contribution in [-0.4, -0.2) is 61.5 Å². The zero-order valence-corrected chi connectivity index (χ0v) is 12.1. The van der Waals surface area contributed by atoms with Crippen LogP contribution in [-0.2, 0) is 4.74 Å². The van der Waals surface area contributed by atoms with Crippen LogP contribution in [0.2, 0.25) is 0 Å². The molecular formula is C15H30N2O2. The van der Waals surface area contributed by atoms with Gasteiger partial charge in [-0.3, -0.25) is 4.90 Å². The van der Waals surface area contributed by atoms with Crippen molar-refractivity contribution in [1.82, 2.24) is 10.2 Å². The largest absolute Gasteiger partial charge is 0.390 e. The summed E-state index contributed by atoms with van der Waals surface area (Å²) in [4.78, 5) is 2.30. The lowest BCUT2D eigenvalue weighted by atomic mass is 9.96. The fourth-order valence-electron chi connectivity index (χ4n) is 3.11. The summed E-state index contributed by atoms with van der Waals surface area (Å²) in [6.07, 6.45) is 9.18. The maximum Gasteiger partial charge on any atom is 0.0791 e. The van der Waals surface area contributed by atoms with Crippen LogP contribution in [0.3, 0.4) is 0 Å². The predicted octanol–water partition coefficient (Wildman–Crippen LogP) is 1.38. The minimum absolute atomic E-state index is 0.247. The Morgan fingerprint density at radius 3 is 2.37 bits per heavy atom. The molecule has 1 unspecified atom stereocenters. The van der Waals surface area contributed by atoms with Crippen molar-refractivity contribution in [2.24, 2.45) is 0 Å². The first-order valence-corrected chi connectivity index (χ1v) is 8.06. The molecular weight excluding hydrogens is 240 g/mol. The summed E-state index contributed by atoms with van der Waals surface area (Å²) in [6, 6.07) is 0.625. The van der Waals surface area contributed by atoms with Crippen LogP contribution in [0.25, 0.3) is 0 Å². The number of nitrogens with zero attached hydrogens (tertiary/aromatic N) is 1. The molecule has 1 heterocycles. The van der Waals surface area contributed by atoms with Gasteiger partial charge in [0.25, 0.3) is 0 Å². The van der Waals surface area contributed by atoms with Crippen molar-refractivity contribution in [3.8, 4) is 0 Å². The van der Waals surface area contributed by atoms with E-state index < -0.39 is 0 Å². The lowest BCUT2D eigenvalue weighted by Crippen LogP contribution is -2.45. The molecule has 1 saturated heterocycles. The molecule has 1 aliphatic carbocycles. The average molecular weight is 270 g/mol.